The maximum Gasteiger partial charge on any atom is 0.124 e. The number of rotatable bonds is 23. The molecule has 1 atom stereocenters. The van der Waals surface area contributed by atoms with Crippen molar-refractivity contribution in [3.05, 3.63) is 35.1 Å². The lowest BCUT2D eigenvalue weighted by Gasteiger charge is -2.14. The number of aliphatic hydroxyl groups excluding tert-OH is 1. The number of halogens is 1. The van der Waals surface area contributed by atoms with Crippen LogP contribution in [0.25, 0.3) is 0 Å². The van der Waals surface area contributed by atoms with Gasteiger partial charge < -0.3 is 9.84 Å². The first-order chi connectivity index (χ1) is 16.7. The predicted molar refractivity (Wildman–Crippen MR) is 140 cm³/mol. The summed E-state index contributed by atoms with van der Waals surface area (Å²) in [7, 11) is 0. The first kappa shape index (κ1) is 30.6. The summed E-state index contributed by atoms with van der Waals surface area (Å²) in [6, 6.07) is 6.41. The van der Waals surface area contributed by atoms with Crippen LogP contribution in [-0.4, -0.2) is 24.9 Å². The van der Waals surface area contributed by atoms with E-state index < -0.39 is 0 Å². The fraction of sp³-hybridized carbons (Fsp3) is 0.767. The fourth-order valence-corrected chi connectivity index (χ4v) is 4.46. The molecule has 1 aromatic carbocycles. The Morgan fingerprint density at radius 3 is 1.85 bits per heavy atom. The molecule has 0 aliphatic carbocycles. The third kappa shape index (κ3) is 17.1. The maximum atomic E-state index is 13.5. The molecule has 0 aliphatic rings. The molecule has 0 fully saturated rings. The largest absolute Gasteiger partial charge is 0.396 e. The number of nitriles is 1. The van der Waals surface area contributed by atoms with Gasteiger partial charge in [-0.2, -0.15) is 5.26 Å². The van der Waals surface area contributed by atoms with Crippen molar-refractivity contribution in [2.45, 2.75) is 122 Å². The molecular weight excluding hydrogens is 425 g/mol. The van der Waals surface area contributed by atoms with Crippen molar-refractivity contribution in [2.75, 3.05) is 19.8 Å². The molecule has 1 aromatic rings. The van der Waals surface area contributed by atoms with E-state index in [9.17, 15) is 9.50 Å². The number of hydrogen-bond donors (Lipinski definition) is 1. The van der Waals surface area contributed by atoms with Gasteiger partial charge in [0.25, 0.3) is 0 Å². The first-order valence-corrected chi connectivity index (χ1v) is 14.1. The van der Waals surface area contributed by atoms with E-state index in [1.807, 2.05) is 6.07 Å². The average molecular weight is 476 g/mol. The highest BCUT2D eigenvalue weighted by atomic mass is 19.1. The van der Waals surface area contributed by atoms with Crippen LogP contribution < -0.4 is 0 Å². The van der Waals surface area contributed by atoms with Crippen LogP contribution in [0.3, 0.4) is 0 Å². The molecule has 0 spiro atoms. The summed E-state index contributed by atoms with van der Waals surface area (Å²) in [5, 5.41) is 18.6. The topological polar surface area (TPSA) is 53.2 Å². The van der Waals surface area contributed by atoms with Gasteiger partial charge >= 0.3 is 0 Å². The summed E-state index contributed by atoms with van der Waals surface area (Å²) < 4.78 is 19.3. The second kappa shape index (κ2) is 22.1. The SMILES string of the molecule is CCCCCCCCCCCCCCCCCCOC[C@H](CO)CCc1cc(F)cc(C#N)c1. The van der Waals surface area contributed by atoms with Gasteiger partial charge in [0.15, 0.2) is 0 Å². The molecular formula is C30H50FNO2. The van der Waals surface area contributed by atoms with Crippen molar-refractivity contribution in [2.24, 2.45) is 5.92 Å². The number of hydrogen-bond acceptors (Lipinski definition) is 3. The molecule has 0 aromatic heterocycles. The molecule has 0 saturated heterocycles. The number of unbranched alkanes of at least 4 members (excludes halogenated alkanes) is 15. The average Bonchev–Trinajstić information content (AvgIpc) is 2.84. The molecule has 34 heavy (non-hydrogen) atoms. The zero-order chi connectivity index (χ0) is 24.7. The van der Waals surface area contributed by atoms with Crippen LogP contribution in [0.4, 0.5) is 4.39 Å². The smallest absolute Gasteiger partial charge is 0.124 e. The van der Waals surface area contributed by atoms with E-state index >= 15 is 0 Å². The van der Waals surface area contributed by atoms with Gasteiger partial charge in [-0.1, -0.05) is 103 Å². The summed E-state index contributed by atoms with van der Waals surface area (Å²) in [6.07, 6.45) is 23.1. The van der Waals surface area contributed by atoms with Gasteiger partial charge in [0.05, 0.1) is 18.2 Å². The summed E-state index contributed by atoms with van der Waals surface area (Å²) in [5.74, 6) is -0.329. The predicted octanol–water partition coefficient (Wildman–Crippen LogP) is 8.52. The zero-order valence-electron chi connectivity index (χ0n) is 21.8. The van der Waals surface area contributed by atoms with E-state index in [0.717, 1.165) is 25.0 Å². The fourth-order valence-electron chi connectivity index (χ4n) is 4.46. The Kier molecular flexibility index (Phi) is 19.8. The van der Waals surface area contributed by atoms with Crippen molar-refractivity contribution < 1.29 is 14.2 Å². The number of benzene rings is 1. The van der Waals surface area contributed by atoms with Crippen molar-refractivity contribution >= 4 is 0 Å². The van der Waals surface area contributed by atoms with Crippen molar-refractivity contribution in [1.82, 2.24) is 0 Å². The Balaban J connectivity index is 1.89. The number of nitrogens with zero attached hydrogens (tertiary/aromatic N) is 1. The van der Waals surface area contributed by atoms with E-state index in [2.05, 4.69) is 6.92 Å². The van der Waals surface area contributed by atoms with E-state index in [1.165, 1.54) is 108 Å². The van der Waals surface area contributed by atoms with Gasteiger partial charge in [0, 0.05) is 19.1 Å². The molecule has 0 amide bonds. The van der Waals surface area contributed by atoms with Crippen LogP contribution in [0.15, 0.2) is 18.2 Å². The lowest BCUT2D eigenvalue weighted by Crippen LogP contribution is -2.15. The van der Waals surface area contributed by atoms with Crippen molar-refractivity contribution in [3.63, 3.8) is 0 Å². The van der Waals surface area contributed by atoms with Crippen LogP contribution in [-0.2, 0) is 11.2 Å². The summed E-state index contributed by atoms with van der Waals surface area (Å²) in [4.78, 5) is 0. The Morgan fingerprint density at radius 1 is 0.824 bits per heavy atom. The standard InChI is InChI=1S/C30H50FNO2/c1-2-3-4-5-6-7-8-9-10-11-12-13-14-15-16-17-20-34-26-28(25-33)19-18-27-21-29(24-32)23-30(31)22-27/h21-23,28,33H,2-20,25-26H2,1H3/t28-/m0/s1. The molecule has 1 N–H and O–H groups in total. The molecule has 0 aliphatic heterocycles. The Hall–Kier alpha value is -1.44. The number of aliphatic hydroxyl groups is 1. The Labute approximate surface area is 209 Å². The van der Waals surface area contributed by atoms with Crippen LogP contribution in [0.5, 0.6) is 0 Å². The molecule has 0 bridgehead atoms. The lowest BCUT2D eigenvalue weighted by atomic mass is 9.99. The third-order valence-corrected chi connectivity index (χ3v) is 6.68. The molecule has 0 heterocycles. The van der Waals surface area contributed by atoms with Gasteiger partial charge in [-0.25, -0.2) is 4.39 Å². The van der Waals surface area contributed by atoms with Crippen LogP contribution in [0.2, 0.25) is 0 Å². The highest BCUT2D eigenvalue weighted by Crippen LogP contribution is 2.16. The highest BCUT2D eigenvalue weighted by molar-refractivity contribution is 5.33. The quantitative estimate of drug-likeness (QED) is 0.161. The second-order valence-corrected chi connectivity index (χ2v) is 9.93. The summed E-state index contributed by atoms with van der Waals surface area (Å²) >= 11 is 0. The normalized spacial score (nSPS) is 12.1. The van der Waals surface area contributed by atoms with Crippen LogP contribution >= 0.6 is 0 Å². The van der Waals surface area contributed by atoms with Gasteiger partial charge in [0.1, 0.15) is 5.82 Å². The minimum Gasteiger partial charge on any atom is -0.396 e. The zero-order valence-corrected chi connectivity index (χ0v) is 21.8. The molecule has 0 radical (unpaired) electrons. The van der Waals surface area contributed by atoms with Gasteiger partial charge in [-0.15, -0.1) is 0 Å². The van der Waals surface area contributed by atoms with Gasteiger partial charge in [-0.3, -0.25) is 0 Å². The molecule has 3 nitrogen and oxygen atoms in total. The maximum absolute atomic E-state index is 13.5. The third-order valence-electron chi connectivity index (χ3n) is 6.68. The van der Waals surface area contributed by atoms with Crippen LogP contribution in [0.1, 0.15) is 127 Å². The Bertz CT molecular complexity index is 643. The molecule has 0 saturated carbocycles. The monoisotopic (exact) mass is 475 g/mol. The van der Waals surface area contributed by atoms with E-state index in [-0.39, 0.29) is 18.3 Å². The van der Waals surface area contributed by atoms with Gasteiger partial charge in [0.2, 0.25) is 0 Å². The Morgan fingerprint density at radius 2 is 1.35 bits per heavy atom. The summed E-state index contributed by atoms with van der Waals surface area (Å²) in [6.45, 7) is 3.63. The number of ether oxygens (including phenoxy) is 1. The number of aryl methyl sites for hydroxylation is 1. The molecule has 0 unspecified atom stereocenters. The first-order valence-electron chi connectivity index (χ1n) is 14.1. The molecule has 194 valence electrons. The highest BCUT2D eigenvalue weighted by Gasteiger charge is 2.09. The van der Waals surface area contributed by atoms with Crippen molar-refractivity contribution in [3.8, 4) is 6.07 Å². The molecule has 1 rings (SSSR count). The second-order valence-electron chi connectivity index (χ2n) is 9.93. The van der Waals surface area contributed by atoms with E-state index in [0.29, 0.717) is 18.6 Å². The van der Waals surface area contributed by atoms with Crippen LogP contribution in [0, 0.1) is 23.1 Å². The lowest BCUT2D eigenvalue weighted by molar-refractivity contribution is 0.0673. The van der Waals surface area contributed by atoms with Crippen molar-refractivity contribution in [1.29, 1.82) is 5.26 Å². The van der Waals surface area contributed by atoms with E-state index in [1.54, 1.807) is 6.07 Å². The van der Waals surface area contributed by atoms with E-state index in [4.69, 9.17) is 10.00 Å². The minimum absolute atomic E-state index is 0.0508. The minimum atomic E-state index is -0.380. The summed E-state index contributed by atoms with van der Waals surface area (Å²) in [5.41, 5.74) is 1.14. The van der Waals surface area contributed by atoms with Gasteiger partial charge in [-0.05, 0) is 43.0 Å². The molecule has 4 heteroatoms.